The molecule has 2 atom stereocenters. The maximum absolute atomic E-state index is 12.6. The summed E-state index contributed by atoms with van der Waals surface area (Å²) in [5, 5.41) is 32.0. The summed E-state index contributed by atoms with van der Waals surface area (Å²) >= 11 is 0. The highest BCUT2D eigenvalue weighted by atomic mass is 16.3. The highest BCUT2D eigenvalue weighted by molar-refractivity contribution is 6.26. The lowest BCUT2D eigenvalue weighted by molar-refractivity contribution is -0.0765. The van der Waals surface area contributed by atoms with Crippen molar-refractivity contribution < 1.29 is 10.2 Å². The van der Waals surface area contributed by atoms with Crippen molar-refractivity contribution in [2.75, 3.05) is 98.9 Å². The van der Waals surface area contributed by atoms with Gasteiger partial charge in [0.1, 0.15) is 0 Å². The van der Waals surface area contributed by atoms with Crippen LogP contribution in [0.2, 0.25) is 0 Å². The Labute approximate surface area is 293 Å². The van der Waals surface area contributed by atoms with Crippen molar-refractivity contribution in [2.24, 2.45) is 0 Å². The molecular formula is C40H48N8O2. The zero-order chi connectivity index (χ0) is 36.1. The van der Waals surface area contributed by atoms with Crippen LogP contribution in [0.1, 0.15) is 23.0 Å². The van der Waals surface area contributed by atoms with E-state index in [0.29, 0.717) is 22.7 Å². The smallest absolute Gasteiger partial charge is 0.0728 e. The van der Waals surface area contributed by atoms with E-state index in [1.807, 2.05) is 117 Å². The minimum Gasteiger partial charge on any atom is -0.398 e. The molecule has 7 rings (SSSR count). The molecule has 0 aromatic heterocycles. The highest BCUT2D eigenvalue weighted by Gasteiger charge is 2.53. The van der Waals surface area contributed by atoms with E-state index in [1.54, 1.807) is 0 Å². The molecule has 0 amide bonds. The number of hydrogen-bond acceptors (Lipinski definition) is 10. The normalized spacial score (nSPS) is 18.9. The molecule has 10 nitrogen and oxygen atoms in total. The summed E-state index contributed by atoms with van der Waals surface area (Å²) in [6, 6.07) is 19.5. The lowest BCUT2D eigenvalue weighted by Gasteiger charge is -2.49. The second kappa shape index (κ2) is 11.6. The van der Waals surface area contributed by atoms with Gasteiger partial charge in [0.2, 0.25) is 0 Å². The SMILES string of the molecule is CN(C)c1c2cccc(N)c2c(C2C(O)C(c3c4c(N)ccc(N(C)C)c4c(N(C)C)c4c(N(C)C)ccc(N)c34)C2O)c2c(N)cccc12. The Morgan fingerprint density at radius 3 is 1.14 bits per heavy atom. The highest BCUT2D eigenvalue weighted by Crippen LogP contribution is 2.59. The van der Waals surface area contributed by atoms with Gasteiger partial charge in [0.25, 0.3) is 0 Å². The molecule has 1 aliphatic rings. The van der Waals surface area contributed by atoms with E-state index in [2.05, 4.69) is 19.6 Å². The number of anilines is 8. The fraction of sp³-hybridized carbons (Fsp3) is 0.300. The molecule has 0 saturated heterocycles. The summed E-state index contributed by atoms with van der Waals surface area (Å²) < 4.78 is 0. The van der Waals surface area contributed by atoms with Crippen molar-refractivity contribution in [2.45, 2.75) is 24.0 Å². The van der Waals surface area contributed by atoms with E-state index in [-0.39, 0.29) is 0 Å². The first kappa shape index (κ1) is 33.2. The first-order valence-corrected chi connectivity index (χ1v) is 16.9. The molecule has 10 N–H and O–H groups in total. The first-order chi connectivity index (χ1) is 23.7. The number of rotatable bonds is 6. The molecule has 1 aliphatic carbocycles. The Morgan fingerprint density at radius 1 is 0.420 bits per heavy atom. The van der Waals surface area contributed by atoms with Gasteiger partial charge in [-0.25, -0.2) is 0 Å². The molecule has 1 saturated carbocycles. The molecule has 50 heavy (non-hydrogen) atoms. The molecule has 0 spiro atoms. The Bertz CT molecular complexity index is 2200. The Kier molecular flexibility index (Phi) is 7.73. The van der Waals surface area contributed by atoms with E-state index in [9.17, 15) is 10.2 Å². The molecule has 260 valence electrons. The summed E-state index contributed by atoms with van der Waals surface area (Å²) in [5.41, 5.74) is 35.0. The molecule has 10 heteroatoms. The average Bonchev–Trinajstić information content (AvgIpc) is 3.04. The van der Waals surface area contributed by atoms with Crippen LogP contribution in [0.15, 0.2) is 60.7 Å². The van der Waals surface area contributed by atoms with Gasteiger partial charge in [-0.05, 0) is 47.5 Å². The quantitative estimate of drug-likeness (QED) is 0.0987. The average molecular weight is 673 g/mol. The molecule has 6 aromatic rings. The van der Waals surface area contributed by atoms with Gasteiger partial charge in [-0.1, -0.05) is 24.3 Å². The van der Waals surface area contributed by atoms with Gasteiger partial charge in [-0.2, -0.15) is 0 Å². The zero-order valence-electron chi connectivity index (χ0n) is 30.1. The largest absolute Gasteiger partial charge is 0.398 e. The number of nitrogen functional groups attached to an aromatic ring is 4. The molecule has 6 aromatic carbocycles. The van der Waals surface area contributed by atoms with Crippen LogP contribution in [-0.4, -0.2) is 78.8 Å². The monoisotopic (exact) mass is 672 g/mol. The fourth-order valence-corrected chi connectivity index (χ4v) is 8.66. The fourth-order valence-electron chi connectivity index (χ4n) is 8.66. The number of nitrogens with zero attached hydrogens (tertiary/aromatic N) is 4. The van der Waals surface area contributed by atoms with Gasteiger partial charge in [0.05, 0.1) is 23.6 Å². The lowest BCUT2D eigenvalue weighted by Crippen LogP contribution is -2.52. The van der Waals surface area contributed by atoms with Crippen LogP contribution < -0.4 is 42.5 Å². The molecule has 0 bridgehead atoms. The summed E-state index contributed by atoms with van der Waals surface area (Å²) in [4.78, 5) is 8.29. The van der Waals surface area contributed by atoms with Crippen LogP contribution in [0.25, 0.3) is 43.1 Å². The van der Waals surface area contributed by atoms with Gasteiger partial charge in [-0.15, -0.1) is 0 Å². The first-order valence-electron chi connectivity index (χ1n) is 16.9. The predicted octanol–water partition coefficient (Wildman–Crippen LogP) is 5.50. The van der Waals surface area contributed by atoms with E-state index in [1.165, 1.54) is 0 Å². The van der Waals surface area contributed by atoms with Crippen molar-refractivity contribution in [1.82, 2.24) is 0 Å². The van der Waals surface area contributed by atoms with Gasteiger partial charge in [-0.3, -0.25) is 0 Å². The third kappa shape index (κ3) is 4.48. The number of aliphatic hydroxyl groups is 2. The molecule has 0 aliphatic heterocycles. The second-order valence-electron chi connectivity index (χ2n) is 14.5. The predicted molar refractivity (Wildman–Crippen MR) is 215 cm³/mol. The minimum absolute atomic E-state index is 0.544. The van der Waals surface area contributed by atoms with Crippen molar-refractivity contribution in [3.05, 3.63) is 71.8 Å². The number of benzene rings is 6. The van der Waals surface area contributed by atoms with Gasteiger partial charge in [0, 0.05) is 145 Å². The summed E-state index contributed by atoms with van der Waals surface area (Å²) in [6.45, 7) is 0. The van der Waals surface area contributed by atoms with E-state index >= 15 is 0 Å². The maximum Gasteiger partial charge on any atom is 0.0728 e. The third-order valence-electron chi connectivity index (χ3n) is 10.7. The lowest BCUT2D eigenvalue weighted by atomic mass is 9.60. The van der Waals surface area contributed by atoms with Gasteiger partial charge < -0.3 is 52.7 Å². The van der Waals surface area contributed by atoms with Crippen LogP contribution in [0.3, 0.4) is 0 Å². The molecule has 2 unspecified atom stereocenters. The van der Waals surface area contributed by atoms with E-state index in [4.69, 9.17) is 22.9 Å². The number of hydrogen-bond donors (Lipinski definition) is 6. The van der Waals surface area contributed by atoms with Crippen LogP contribution in [0, 0.1) is 0 Å². The van der Waals surface area contributed by atoms with Crippen molar-refractivity contribution in [3.63, 3.8) is 0 Å². The van der Waals surface area contributed by atoms with Crippen molar-refractivity contribution in [3.8, 4) is 0 Å². The second-order valence-corrected chi connectivity index (χ2v) is 14.5. The van der Waals surface area contributed by atoms with E-state index < -0.39 is 24.0 Å². The van der Waals surface area contributed by atoms with Crippen LogP contribution in [0.4, 0.5) is 45.5 Å². The van der Waals surface area contributed by atoms with Crippen LogP contribution in [0.5, 0.6) is 0 Å². The number of nitrogens with two attached hydrogens (primary N) is 4. The summed E-state index contributed by atoms with van der Waals surface area (Å²) in [6.07, 6.45) is -2.05. The third-order valence-corrected chi connectivity index (χ3v) is 10.7. The molecule has 1 fully saturated rings. The summed E-state index contributed by atoms with van der Waals surface area (Å²) in [7, 11) is 16.1. The van der Waals surface area contributed by atoms with Crippen molar-refractivity contribution >= 4 is 88.6 Å². The van der Waals surface area contributed by atoms with E-state index in [0.717, 1.165) is 77.0 Å². The summed E-state index contributed by atoms with van der Waals surface area (Å²) in [5.74, 6) is -1.43. The maximum atomic E-state index is 12.6. The van der Waals surface area contributed by atoms with Crippen LogP contribution in [-0.2, 0) is 0 Å². The van der Waals surface area contributed by atoms with Crippen LogP contribution >= 0.6 is 0 Å². The number of fused-ring (bicyclic) bond motifs is 4. The number of aliphatic hydroxyl groups excluding tert-OH is 2. The topological polar surface area (TPSA) is 157 Å². The van der Waals surface area contributed by atoms with Gasteiger partial charge >= 0.3 is 0 Å². The minimum atomic E-state index is -1.03. The Hall–Kier alpha value is -5.32. The molecule has 0 heterocycles. The molecule has 0 radical (unpaired) electrons. The van der Waals surface area contributed by atoms with Gasteiger partial charge in [0.15, 0.2) is 0 Å². The Balaban J connectivity index is 1.60. The van der Waals surface area contributed by atoms with Crippen molar-refractivity contribution in [1.29, 1.82) is 0 Å². The zero-order valence-corrected chi connectivity index (χ0v) is 30.1. The molecular weight excluding hydrogens is 624 g/mol. The Morgan fingerprint density at radius 2 is 0.780 bits per heavy atom. The standard InChI is InChI=1S/C40H48N8O2/c1-45(2)25-17-15-23(43)29-31(25)38(48(7)8)32-26(46(3)4)18-16-24(44)30(32)34(29)36-39(49)35(40(36)50)33-27-19(11-9-13-21(27)41)37(47(5)6)20-12-10-14-22(42)28(20)33/h9-18,35-36,39-40,49-50H,41-44H2,1-8H3.